The van der Waals surface area contributed by atoms with Gasteiger partial charge in [0.15, 0.2) is 0 Å². The highest BCUT2D eigenvalue weighted by molar-refractivity contribution is 7.51. The second-order valence-electron chi connectivity index (χ2n) is 9.91. The van der Waals surface area contributed by atoms with Crippen LogP contribution >= 0.6 is 7.60 Å². The van der Waals surface area contributed by atoms with Crippen LogP contribution < -0.4 is 5.32 Å². The minimum absolute atomic E-state index is 0.104. The predicted molar refractivity (Wildman–Crippen MR) is 150 cm³/mol. The van der Waals surface area contributed by atoms with Gasteiger partial charge in [-0.2, -0.15) is 0 Å². The molecule has 0 fully saturated rings. The van der Waals surface area contributed by atoms with Gasteiger partial charge in [0.1, 0.15) is 5.76 Å². The lowest BCUT2D eigenvalue weighted by atomic mass is 9.81. The van der Waals surface area contributed by atoms with E-state index in [0.717, 1.165) is 23.3 Å². The van der Waals surface area contributed by atoms with Crippen LogP contribution in [0.25, 0.3) is 11.3 Å². The first-order valence-corrected chi connectivity index (χ1v) is 14.5. The quantitative estimate of drug-likeness (QED) is 0.149. The molecule has 0 bridgehead atoms. The Labute approximate surface area is 219 Å². The van der Waals surface area contributed by atoms with Gasteiger partial charge in [0.05, 0.1) is 12.4 Å². The predicted octanol–water partition coefficient (Wildman–Crippen LogP) is 6.90. The van der Waals surface area contributed by atoms with E-state index in [-0.39, 0.29) is 12.1 Å². The third kappa shape index (κ3) is 7.53. The number of hydrogen-bond donors (Lipinski definition) is 3. The van der Waals surface area contributed by atoms with E-state index in [4.69, 9.17) is 14.2 Å². The van der Waals surface area contributed by atoms with Gasteiger partial charge in [-0.25, -0.2) is 0 Å². The van der Waals surface area contributed by atoms with Crippen molar-refractivity contribution in [2.24, 2.45) is 0 Å². The molecule has 6 heteroatoms. The summed E-state index contributed by atoms with van der Waals surface area (Å²) in [6.07, 6.45) is 2.90. The van der Waals surface area contributed by atoms with E-state index in [0.29, 0.717) is 19.5 Å². The van der Waals surface area contributed by atoms with Crippen molar-refractivity contribution >= 4 is 7.60 Å². The van der Waals surface area contributed by atoms with Crippen molar-refractivity contribution in [1.82, 2.24) is 5.32 Å². The molecule has 0 saturated heterocycles. The molecular formula is C31H36NO4P. The van der Waals surface area contributed by atoms with Crippen LogP contribution in [-0.2, 0) is 17.5 Å². The van der Waals surface area contributed by atoms with Gasteiger partial charge in [-0.1, -0.05) is 60.2 Å². The Balaban J connectivity index is 1.67. The topological polar surface area (TPSA) is 82.7 Å². The molecule has 3 aromatic carbocycles. The Hall–Kier alpha value is -2.95. The third-order valence-electron chi connectivity index (χ3n) is 6.87. The van der Waals surface area contributed by atoms with E-state index in [9.17, 15) is 4.57 Å². The van der Waals surface area contributed by atoms with E-state index >= 15 is 0 Å². The van der Waals surface area contributed by atoms with Crippen LogP contribution in [0.3, 0.4) is 0 Å². The molecule has 1 atom stereocenters. The van der Waals surface area contributed by atoms with Gasteiger partial charge in [-0.3, -0.25) is 4.57 Å². The van der Waals surface area contributed by atoms with E-state index < -0.39 is 7.60 Å². The molecule has 0 aliphatic rings. The highest BCUT2D eigenvalue weighted by atomic mass is 31.2. The molecule has 0 amide bonds. The first-order valence-electron chi connectivity index (χ1n) is 12.7. The molecule has 1 unspecified atom stereocenters. The largest absolute Gasteiger partial charge is 0.464 e. The lowest BCUT2D eigenvalue weighted by Crippen LogP contribution is -2.16. The fraction of sp³-hybridized carbons (Fsp3) is 0.290. The average molecular weight is 518 g/mol. The molecule has 3 N–H and O–H groups in total. The highest BCUT2D eigenvalue weighted by Gasteiger charge is 2.21. The SMILES string of the molecule is Cc1cccc(C(Cc2ccc(C)c(C)c2)c2ccc(CNCCCP(=O)(O)O)cc2-c2ccco2)c1. The van der Waals surface area contributed by atoms with Crippen molar-refractivity contribution < 1.29 is 18.8 Å². The maximum atomic E-state index is 11.1. The summed E-state index contributed by atoms with van der Waals surface area (Å²) in [6.45, 7) is 7.59. The van der Waals surface area contributed by atoms with Gasteiger partial charge in [0.25, 0.3) is 0 Å². The third-order valence-corrected chi connectivity index (χ3v) is 7.77. The van der Waals surface area contributed by atoms with Crippen LogP contribution in [0.2, 0.25) is 0 Å². The van der Waals surface area contributed by atoms with E-state index in [1.807, 2.05) is 12.1 Å². The maximum Gasteiger partial charge on any atom is 0.325 e. The van der Waals surface area contributed by atoms with Crippen LogP contribution in [0, 0.1) is 20.8 Å². The zero-order valence-corrected chi connectivity index (χ0v) is 22.7. The zero-order chi connectivity index (χ0) is 26.4. The number of hydrogen-bond acceptors (Lipinski definition) is 3. The molecule has 4 rings (SSSR count). The standard InChI is InChI=1S/C31H36NO4P/c1-22-7-4-8-27(17-22)29(19-25-11-10-23(2)24(3)18-25)28-13-12-26(20-30(28)31-9-5-15-36-31)21-32-14-6-16-37(33,34)35/h4-5,7-13,15,17-18,20,29,32H,6,14,16,19,21H2,1-3H3,(H2,33,34,35). The summed E-state index contributed by atoms with van der Waals surface area (Å²) >= 11 is 0. The van der Waals surface area contributed by atoms with Gasteiger partial charge in [-0.05, 0) is 91.7 Å². The number of nitrogens with one attached hydrogen (secondary N) is 1. The Bertz CT molecular complexity index is 1370. The summed E-state index contributed by atoms with van der Waals surface area (Å²) < 4.78 is 17.0. The maximum absolute atomic E-state index is 11.1. The van der Waals surface area contributed by atoms with Gasteiger partial charge in [0.2, 0.25) is 0 Å². The second kappa shape index (κ2) is 12.1. The molecule has 37 heavy (non-hydrogen) atoms. The zero-order valence-electron chi connectivity index (χ0n) is 21.8. The highest BCUT2D eigenvalue weighted by Crippen LogP contribution is 2.37. The van der Waals surface area contributed by atoms with Gasteiger partial charge >= 0.3 is 7.60 Å². The Kier molecular flexibility index (Phi) is 8.83. The van der Waals surface area contributed by atoms with Crippen molar-refractivity contribution in [1.29, 1.82) is 0 Å². The fourth-order valence-electron chi connectivity index (χ4n) is 4.77. The first kappa shape index (κ1) is 27.1. The van der Waals surface area contributed by atoms with Crippen molar-refractivity contribution in [2.45, 2.75) is 46.1 Å². The lowest BCUT2D eigenvalue weighted by Gasteiger charge is -2.23. The average Bonchev–Trinajstić information content (AvgIpc) is 3.39. The minimum atomic E-state index is -3.96. The van der Waals surface area contributed by atoms with E-state index in [1.54, 1.807) is 6.26 Å². The normalized spacial score (nSPS) is 12.6. The number of benzene rings is 3. The Morgan fingerprint density at radius 3 is 2.41 bits per heavy atom. The van der Waals surface area contributed by atoms with Crippen molar-refractivity contribution in [2.75, 3.05) is 12.7 Å². The molecule has 0 aliphatic carbocycles. The number of rotatable bonds is 11. The molecule has 194 valence electrons. The summed E-state index contributed by atoms with van der Waals surface area (Å²) in [7, 11) is -3.96. The van der Waals surface area contributed by atoms with E-state index in [1.165, 1.54) is 33.4 Å². The molecule has 1 heterocycles. The molecule has 0 aliphatic heterocycles. The Morgan fingerprint density at radius 1 is 0.892 bits per heavy atom. The number of aryl methyl sites for hydroxylation is 3. The van der Waals surface area contributed by atoms with Crippen molar-refractivity contribution in [3.05, 3.63) is 118 Å². The second-order valence-corrected chi connectivity index (χ2v) is 11.7. The summed E-state index contributed by atoms with van der Waals surface area (Å²) in [4.78, 5) is 18.2. The van der Waals surface area contributed by atoms with Crippen LogP contribution in [0.5, 0.6) is 0 Å². The molecule has 0 radical (unpaired) electrons. The van der Waals surface area contributed by atoms with Crippen LogP contribution in [0.15, 0.2) is 83.5 Å². The monoisotopic (exact) mass is 517 g/mol. The van der Waals surface area contributed by atoms with Gasteiger partial charge in [0, 0.05) is 18.0 Å². The van der Waals surface area contributed by atoms with Crippen molar-refractivity contribution in [3.8, 4) is 11.3 Å². The lowest BCUT2D eigenvalue weighted by molar-refractivity contribution is 0.371. The first-order chi connectivity index (χ1) is 17.7. The molecular weight excluding hydrogens is 481 g/mol. The van der Waals surface area contributed by atoms with Crippen LogP contribution in [-0.4, -0.2) is 22.5 Å². The fourth-order valence-corrected chi connectivity index (χ4v) is 5.34. The van der Waals surface area contributed by atoms with Gasteiger partial charge in [-0.15, -0.1) is 0 Å². The molecule has 5 nitrogen and oxygen atoms in total. The molecule has 0 spiro atoms. The van der Waals surface area contributed by atoms with Gasteiger partial charge < -0.3 is 19.5 Å². The molecule has 4 aromatic rings. The summed E-state index contributed by atoms with van der Waals surface area (Å²) in [5.74, 6) is 0.975. The van der Waals surface area contributed by atoms with Crippen LogP contribution in [0.1, 0.15) is 51.3 Å². The van der Waals surface area contributed by atoms with Crippen molar-refractivity contribution in [3.63, 3.8) is 0 Å². The minimum Gasteiger partial charge on any atom is -0.464 e. The molecule has 0 saturated carbocycles. The van der Waals surface area contributed by atoms with Crippen LogP contribution in [0.4, 0.5) is 0 Å². The summed E-state index contributed by atoms with van der Waals surface area (Å²) in [5, 5.41) is 3.31. The number of furan rings is 1. The van der Waals surface area contributed by atoms with E-state index in [2.05, 4.69) is 86.8 Å². The Morgan fingerprint density at radius 2 is 1.70 bits per heavy atom. The molecule has 1 aromatic heterocycles. The summed E-state index contributed by atoms with van der Waals surface area (Å²) in [6, 6.07) is 25.9. The smallest absolute Gasteiger partial charge is 0.325 e. The summed E-state index contributed by atoms with van der Waals surface area (Å²) in [5.41, 5.74) is 9.78.